The molecule has 174 valence electrons. The van der Waals surface area contributed by atoms with Crippen LogP contribution in [0.1, 0.15) is 33.3 Å². The Bertz CT molecular complexity index is 1510. The largest absolute Gasteiger partial charge is 0.462 e. The summed E-state index contributed by atoms with van der Waals surface area (Å²) >= 11 is 0.884. The van der Waals surface area contributed by atoms with E-state index in [1.807, 2.05) is 6.07 Å². The van der Waals surface area contributed by atoms with Crippen LogP contribution >= 0.6 is 11.3 Å². The number of hydrogen-bond donors (Lipinski definition) is 1. The van der Waals surface area contributed by atoms with Crippen molar-refractivity contribution in [2.24, 2.45) is 0 Å². The van der Waals surface area contributed by atoms with Crippen molar-refractivity contribution in [1.29, 1.82) is 5.26 Å². The van der Waals surface area contributed by atoms with Gasteiger partial charge in [0.1, 0.15) is 27.7 Å². The number of aromatic nitrogens is 4. The molecule has 0 bridgehead atoms. The second-order valence-electron chi connectivity index (χ2n) is 7.00. The number of nitrogens with zero attached hydrogens (tertiary/aromatic N) is 5. The second-order valence-corrected chi connectivity index (χ2v) is 8.05. The summed E-state index contributed by atoms with van der Waals surface area (Å²) in [6.07, 6.45) is -2.18. The van der Waals surface area contributed by atoms with Crippen molar-refractivity contribution in [2.75, 3.05) is 12.3 Å². The molecule has 0 fully saturated rings. The molecule has 0 aliphatic rings. The lowest BCUT2D eigenvalue weighted by molar-refractivity contribution is -0.137. The zero-order chi connectivity index (χ0) is 24.6. The summed E-state index contributed by atoms with van der Waals surface area (Å²) in [7, 11) is 0. The average molecular weight is 488 g/mol. The number of nitrogen functional groups attached to an aromatic ring is 1. The van der Waals surface area contributed by atoms with Crippen LogP contribution in [0.3, 0.4) is 0 Å². The minimum Gasteiger partial charge on any atom is -0.462 e. The number of alkyl halides is 3. The lowest BCUT2D eigenvalue weighted by Gasteiger charge is -2.10. The Labute approximate surface area is 193 Å². The van der Waals surface area contributed by atoms with Crippen molar-refractivity contribution in [2.45, 2.75) is 19.6 Å². The van der Waals surface area contributed by atoms with Gasteiger partial charge in [-0.3, -0.25) is 9.36 Å². The third-order valence-corrected chi connectivity index (χ3v) is 5.95. The Morgan fingerprint density at radius 3 is 2.79 bits per heavy atom. The molecule has 0 radical (unpaired) electrons. The number of carbonyl (C=O) groups is 1. The van der Waals surface area contributed by atoms with Crippen LogP contribution in [0.25, 0.3) is 16.7 Å². The lowest BCUT2D eigenvalue weighted by Crippen LogP contribution is -2.22. The molecule has 34 heavy (non-hydrogen) atoms. The first-order valence-corrected chi connectivity index (χ1v) is 10.6. The van der Waals surface area contributed by atoms with Gasteiger partial charge < -0.3 is 10.5 Å². The molecule has 0 unspecified atom stereocenters. The van der Waals surface area contributed by atoms with Gasteiger partial charge in [-0.1, -0.05) is 6.07 Å². The zero-order valence-corrected chi connectivity index (χ0v) is 18.3. The van der Waals surface area contributed by atoms with Crippen molar-refractivity contribution >= 4 is 33.3 Å². The van der Waals surface area contributed by atoms with Crippen LogP contribution < -0.4 is 11.3 Å². The number of ether oxygens (including phenoxy) is 1. The fourth-order valence-electron chi connectivity index (χ4n) is 3.35. The predicted octanol–water partition coefficient (Wildman–Crippen LogP) is 3.34. The van der Waals surface area contributed by atoms with Crippen LogP contribution in [-0.4, -0.2) is 31.9 Å². The summed E-state index contributed by atoms with van der Waals surface area (Å²) < 4.78 is 46.6. The zero-order valence-electron chi connectivity index (χ0n) is 17.5. The van der Waals surface area contributed by atoms with E-state index in [1.54, 1.807) is 6.92 Å². The highest BCUT2D eigenvalue weighted by Crippen LogP contribution is 2.32. The van der Waals surface area contributed by atoms with Crippen LogP contribution in [-0.2, 0) is 17.5 Å². The highest BCUT2D eigenvalue weighted by Gasteiger charge is 2.31. The Morgan fingerprint density at radius 2 is 2.12 bits per heavy atom. The number of hydrogen-bond acceptors (Lipinski definition) is 8. The number of halogens is 3. The minimum atomic E-state index is -4.55. The average Bonchev–Trinajstić information content (AvgIpc) is 3.36. The number of carbonyl (C=O) groups excluding carboxylic acids is 1. The van der Waals surface area contributed by atoms with E-state index in [0.29, 0.717) is 0 Å². The summed E-state index contributed by atoms with van der Waals surface area (Å²) in [6, 6.07) is 6.40. The number of benzene rings is 1. The number of nitriles is 1. The standard InChI is InChI=1S/C21H15F3N6O3S/c1-2-33-20(32)16-15(13(7-25)17(26)34-16)9-29-10-27-18-14(19(29)31)8-28-30(18)12-5-3-4-11(6-12)21(22,23)24/h3-6,8,10H,2,9,26H2,1H3. The number of anilines is 1. The predicted molar refractivity (Wildman–Crippen MR) is 117 cm³/mol. The molecule has 9 nitrogen and oxygen atoms in total. The fourth-order valence-corrected chi connectivity index (χ4v) is 4.28. The van der Waals surface area contributed by atoms with Crippen molar-refractivity contribution in [1.82, 2.24) is 19.3 Å². The molecule has 0 aliphatic carbocycles. The number of nitrogens with two attached hydrogens (primary N) is 1. The molecule has 4 aromatic rings. The first kappa shape index (κ1) is 23.0. The van der Waals surface area contributed by atoms with E-state index < -0.39 is 23.3 Å². The summed E-state index contributed by atoms with van der Waals surface area (Å²) in [6.45, 7) is 1.55. The summed E-state index contributed by atoms with van der Waals surface area (Å²) in [4.78, 5) is 29.7. The van der Waals surface area contributed by atoms with Gasteiger partial charge >= 0.3 is 12.1 Å². The van der Waals surface area contributed by atoms with Gasteiger partial charge in [0.15, 0.2) is 5.65 Å². The van der Waals surface area contributed by atoms with Gasteiger partial charge in [-0.2, -0.15) is 23.5 Å². The Morgan fingerprint density at radius 1 is 1.35 bits per heavy atom. The molecule has 0 aliphatic heterocycles. The van der Waals surface area contributed by atoms with Crippen LogP contribution in [0.15, 0.2) is 41.6 Å². The molecule has 4 rings (SSSR count). The Balaban J connectivity index is 1.78. The monoisotopic (exact) mass is 488 g/mol. The maximum atomic E-state index is 13.1. The van der Waals surface area contributed by atoms with E-state index in [2.05, 4.69) is 10.1 Å². The lowest BCUT2D eigenvalue weighted by atomic mass is 10.1. The van der Waals surface area contributed by atoms with Gasteiger partial charge in [0.2, 0.25) is 0 Å². The van der Waals surface area contributed by atoms with Crippen LogP contribution in [0.4, 0.5) is 18.2 Å². The molecule has 0 saturated carbocycles. The minimum absolute atomic E-state index is 0.0410. The molecule has 2 N–H and O–H groups in total. The molecule has 0 amide bonds. The van der Waals surface area contributed by atoms with Gasteiger partial charge in [0.05, 0.1) is 36.2 Å². The summed E-state index contributed by atoms with van der Waals surface area (Å²) in [5.74, 6) is -0.671. The van der Waals surface area contributed by atoms with E-state index in [0.717, 1.165) is 32.7 Å². The maximum Gasteiger partial charge on any atom is 0.416 e. The van der Waals surface area contributed by atoms with E-state index in [9.17, 15) is 28.0 Å². The van der Waals surface area contributed by atoms with E-state index in [-0.39, 0.29) is 50.9 Å². The van der Waals surface area contributed by atoms with Gasteiger partial charge in [0, 0.05) is 5.56 Å². The number of rotatable bonds is 5. The molecular formula is C21H15F3N6O3S. The fraction of sp³-hybridized carbons (Fsp3) is 0.190. The molecule has 0 spiro atoms. The van der Waals surface area contributed by atoms with Crippen molar-refractivity contribution in [3.05, 3.63) is 68.7 Å². The van der Waals surface area contributed by atoms with Crippen molar-refractivity contribution in [3.8, 4) is 11.8 Å². The molecule has 0 saturated heterocycles. The molecular weight excluding hydrogens is 473 g/mol. The van der Waals surface area contributed by atoms with E-state index in [1.165, 1.54) is 24.7 Å². The normalized spacial score (nSPS) is 11.5. The van der Waals surface area contributed by atoms with E-state index in [4.69, 9.17) is 10.5 Å². The third-order valence-electron chi connectivity index (χ3n) is 4.91. The van der Waals surface area contributed by atoms with Crippen LogP contribution in [0.5, 0.6) is 0 Å². The van der Waals surface area contributed by atoms with Crippen LogP contribution in [0, 0.1) is 11.3 Å². The van der Waals surface area contributed by atoms with Gasteiger partial charge in [0.25, 0.3) is 5.56 Å². The first-order valence-electron chi connectivity index (χ1n) is 9.74. The molecule has 13 heteroatoms. The topological polar surface area (TPSA) is 129 Å². The summed E-state index contributed by atoms with van der Waals surface area (Å²) in [5, 5.41) is 13.7. The first-order chi connectivity index (χ1) is 16.2. The van der Waals surface area contributed by atoms with Crippen LogP contribution in [0.2, 0.25) is 0 Å². The maximum absolute atomic E-state index is 13.1. The quantitative estimate of drug-likeness (QED) is 0.427. The third kappa shape index (κ3) is 3.99. The summed E-state index contributed by atoms with van der Waals surface area (Å²) in [5.41, 5.74) is 4.85. The van der Waals surface area contributed by atoms with Crippen molar-refractivity contribution in [3.63, 3.8) is 0 Å². The van der Waals surface area contributed by atoms with Crippen molar-refractivity contribution < 1.29 is 22.7 Å². The highest BCUT2D eigenvalue weighted by atomic mass is 32.1. The van der Waals surface area contributed by atoms with Gasteiger partial charge in [-0.25, -0.2) is 14.5 Å². The molecule has 1 aromatic carbocycles. The Hall–Kier alpha value is -4.18. The number of fused-ring (bicyclic) bond motifs is 1. The van der Waals surface area contributed by atoms with Gasteiger partial charge in [-0.15, -0.1) is 11.3 Å². The number of esters is 1. The Kier molecular flexibility index (Phi) is 5.84. The molecule has 3 heterocycles. The second kappa shape index (κ2) is 8.64. The molecule has 0 atom stereocenters. The van der Waals surface area contributed by atoms with E-state index >= 15 is 0 Å². The van der Waals surface area contributed by atoms with Gasteiger partial charge in [-0.05, 0) is 25.1 Å². The molecule has 3 aromatic heterocycles. The smallest absolute Gasteiger partial charge is 0.416 e. The SMILES string of the molecule is CCOC(=O)c1sc(N)c(C#N)c1Cn1cnc2c(cnn2-c2cccc(C(F)(F)F)c2)c1=O. The number of thiophene rings is 1. The highest BCUT2D eigenvalue weighted by molar-refractivity contribution is 7.18.